The molecule has 1 amide bonds. The molecule has 0 aliphatic rings. The van der Waals surface area contributed by atoms with E-state index in [-0.39, 0.29) is 17.1 Å². The molecule has 0 radical (unpaired) electrons. The molecular weight excluding hydrogens is 356 g/mol. The molecule has 0 aliphatic carbocycles. The molecule has 1 aromatic carbocycles. The molecule has 136 valence electrons. The van der Waals surface area contributed by atoms with Gasteiger partial charge in [0.1, 0.15) is 5.69 Å². The Balaban J connectivity index is 1.75. The standard InChI is InChI=1S/C17H18N4O4S/c1-21(2)26(23,24)16-8-4-3-6-12(16)11-18-17(22)14-10-13(19-20-14)15-7-5-9-25-15/h3-10H,11H2,1-2H3,(H,18,22)(H,19,20). The van der Waals surface area contributed by atoms with Gasteiger partial charge in [0.05, 0.1) is 11.2 Å². The number of carbonyl (C=O) groups excluding carboxylic acids is 1. The lowest BCUT2D eigenvalue weighted by molar-refractivity contribution is 0.0945. The summed E-state index contributed by atoms with van der Waals surface area (Å²) < 4.78 is 31.2. The van der Waals surface area contributed by atoms with Crippen molar-refractivity contribution in [2.75, 3.05) is 14.1 Å². The molecule has 2 N–H and O–H groups in total. The van der Waals surface area contributed by atoms with E-state index in [9.17, 15) is 13.2 Å². The molecule has 0 bridgehead atoms. The fraction of sp³-hybridized carbons (Fsp3) is 0.176. The van der Waals surface area contributed by atoms with E-state index in [1.54, 1.807) is 36.4 Å². The van der Waals surface area contributed by atoms with Crippen LogP contribution in [0.15, 0.2) is 58.0 Å². The monoisotopic (exact) mass is 374 g/mol. The molecule has 2 heterocycles. The lowest BCUT2D eigenvalue weighted by Gasteiger charge is -2.15. The highest BCUT2D eigenvalue weighted by Gasteiger charge is 2.21. The number of benzene rings is 1. The van der Waals surface area contributed by atoms with Crippen molar-refractivity contribution in [3.63, 3.8) is 0 Å². The summed E-state index contributed by atoms with van der Waals surface area (Å²) >= 11 is 0. The normalized spacial score (nSPS) is 11.7. The van der Waals surface area contributed by atoms with Crippen LogP contribution in [0.3, 0.4) is 0 Å². The largest absolute Gasteiger partial charge is 0.463 e. The van der Waals surface area contributed by atoms with Crippen molar-refractivity contribution in [2.24, 2.45) is 0 Å². The van der Waals surface area contributed by atoms with Gasteiger partial charge in [0.25, 0.3) is 5.91 Å². The van der Waals surface area contributed by atoms with Crippen molar-refractivity contribution in [3.8, 4) is 11.5 Å². The van der Waals surface area contributed by atoms with Crippen LogP contribution in [0.5, 0.6) is 0 Å². The van der Waals surface area contributed by atoms with E-state index >= 15 is 0 Å². The van der Waals surface area contributed by atoms with Gasteiger partial charge in [-0.3, -0.25) is 9.89 Å². The van der Waals surface area contributed by atoms with E-state index in [4.69, 9.17) is 4.42 Å². The van der Waals surface area contributed by atoms with Gasteiger partial charge in [0, 0.05) is 26.7 Å². The first kappa shape index (κ1) is 17.9. The van der Waals surface area contributed by atoms with Crippen LogP contribution in [0.1, 0.15) is 16.1 Å². The fourth-order valence-corrected chi connectivity index (χ4v) is 3.48. The van der Waals surface area contributed by atoms with Crippen molar-refractivity contribution in [1.82, 2.24) is 19.8 Å². The first-order valence-corrected chi connectivity index (χ1v) is 9.21. The molecule has 3 rings (SSSR count). The second-order valence-electron chi connectivity index (χ2n) is 5.72. The topological polar surface area (TPSA) is 108 Å². The van der Waals surface area contributed by atoms with Crippen molar-refractivity contribution >= 4 is 15.9 Å². The molecule has 0 aliphatic heterocycles. The number of amides is 1. The van der Waals surface area contributed by atoms with E-state index in [1.807, 2.05) is 0 Å². The van der Waals surface area contributed by atoms with Crippen LogP contribution in [0.2, 0.25) is 0 Å². The minimum Gasteiger partial charge on any atom is -0.463 e. The zero-order chi connectivity index (χ0) is 18.7. The molecule has 0 spiro atoms. The Hall–Kier alpha value is -2.91. The zero-order valence-electron chi connectivity index (χ0n) is 14.3. The number of aromatic amines is 1. The van der Waals surface area contributed by atoms with Gasteiger partial charge >= 0.3 is 0 Å². The maximum Gasteiger partial charge on any atom is 0.272 e. The molecule has 26 heavy (non-hydrogen) atoms. The Labute approximate surface area is 150 Å². The Morgan fingerprint density at radius 1 is 1.23 bits per heavy atom. The summed E-state index contributed by atoms with van der Waals surface area (Å²) in [5, 5.41) is 9.38. The van der Waals surface area contributed by atoms with Crippen LogP contribution in [-0.4, -0.2) is 42.9 Å². The average molecular weight is 374 g/mol. The smallest absolute Gasteiger partial charge is 0.272 e. The highest BCUT2D eigenvalue weighted by molar-refractivity contribution is 7.89. The number of nitrogens with zero attached hydrogens (tertiary/aromatic N) is 2. The Morgan fingerprint density at radius 3 is 2.69 bits per heavy atom. The van der Waals surface area contributed by atoms with Crippen LogP contribution in [-0.2, 0) is 16.6 Å². The highest BCUT2D eigenvalue weighted by Crippen LogP contribution is 2.19. The third-order valence-corrected chi connectivity index (χ3v) is 5.68. The van der Waals surface area contributed by atoms with Gasteiger partial charge in [-0.1, -0.05) is 18.2 Å². The molecule has 0 unspecified atom stereocenters. The molecule has 9 heteroatoms. The Bertz CT molecular complexity index is 1010. The first-order chi connectivity index (χ1) is 12.4. The van der Waals surface area contributed by atoms with E-state index < -0.39 is 15.9 Å². The van der Waals surface area contributed by atoms with E-state index in [1.165, 1.54) is 26.4 Å². The summed E-state index contributed by atoms with van der Waals surface area (Å²) in [5.41, 5.74) is 1.26. The van der Waals surface area contributed by atoms with Crippen molar-refractivity contribution in [2.45, 2.75) is 11.4 Å². The van der Waals surface area contributed by atoms with Gasteiger partial charge in [-0.25, -0.2) is 12.7 Å². The predicted molar refractivity (Wildman–Crippen MR) is 94.8 cm³/mol. The van der Waals surface area contributed by atoms with Crippen LogP contribution < -0.4 is 5.32 Å². The summed E-state index contributed by atoms with van der Waals surface area (Å²) in [5.74, 6) is 0.148. The molecule has 0 fully saturated rings. The van der Waals surface area contributed by atoms with Crippen LogP contribution in [0.25, 0.3) is 11.5 Å². The Morgan fingerprint density at radius 2 is 2.00 bits per heavy atom. The number of furan rings is 1. The number of hydrogen-bond donors (Lipinski definition) is 2. The van der Waals surface area contributed by atoms with Crippen molar-refractivity contribution < 1.29 is 17.6 Å². The minimum absolute atomic E-state index is 0.0605. The summed E-state index contributed by atoms with van der Waals surface area (Å²) in [6, 6.07) is 11.6. The number of carbonyl (C=O) groups is 1. The summed E-state index contributed by atoms with van der Waals surface area (Å²) in [6.45, 7) is 0.0605. The lowest BCUT2D eigenvalue weighted by atomic mass is 10.2. The molecule has 8 nitrogen and oxygen atoms in total. The molecule has 3 aromatic rings. The van der Waals surface area contributed by atoms with E-state index in [0.717, 1.165) is 4.31 Å². The van der Waals surface area contributed by atoms with Crippen LogP contribution in [0.4, 0.5) is 0 Å². The van der Waals surface area contributed by atoms with Crippen LogP contribution >= 0.6 is 0 Å². The van der Waals surface area contributed by atoms with Crippen molar-refractivity contribution in [3.05, 3.63) is 60.0 Å². The number of rotatable bonds is 6. The number of hydrogen-bond acceptors (Lipinski definition) is 5. The molecule has 0 saturated heterocycles. The van der Waals surface area contributed by atoms with Crippen LogP contribution in [0, 0.1) is 0 Å². The van der Waals surface area contributed by atoms with Gasteiger partial charge in [-0.2, -0.15) is 5.10 Å². The van der Waals surface area contributed by atoms with Crippen molar-refractivity contribution in [1.29, 1.82) is 0 Å². The quantitative estimate of drug-likeness (QED) is 0.684. The average Bonchev–Trinajstić information content (AvgIpc) is 3.30. The summed E-state index contributed by atoms with van der Waals surface area (Å²) in [4.78, 5) is 12.5. The SMILES string of the molecule is CN(C)S(=O)(=O)c1ccccc1CNC(=O)c1cc(-c2ccco2)[nH]n1. The highest BCUT2D eigenvalue weighted by atomic mass is 32.2. The van der Waals surface area contributed by atoms with Gasteiger partial charge in [-0.05, 0) is 23.8 Å². The summed E-state index contributed by atoms with van der Waals surface area (Å²) in [7, 11) is -0.672. The van der Waals surface area contributed by atoms with E-state index in [0.29, 0.717) is 17.0 Å². The third kappa shape index (κ3) is 3.53. The fourth-order valence-electron chi connectivity index (χ4n) is 2.36. The van der Waals surface area contributed by atoms with E-state index in [2.05, 4.69) is 15.5 Å². The van der Waals surface area contributed by atoms with Gasteiger partial charge in [-0.15, -0.1) is 0 Å². The maximum atomic E-state index is 12.4. The molecular formula is C17H18N4O4S. The second-order valence-corrected chi connectivity index (χ2v) is 7.84. The minimum atomic E-state index is -3.60. The summed E-state index contributed by atoms with van der Waals surface area (Å²) in [6.07, 6.45) is 1.53. The number of H-pyrrole nitrogens is 1. The molecule has 2 aromatic heterocycles. The maximum absolute atomic E-state index is 12.4. The van der Waals surface area contributed by atoms with Gasteiger partial charge in [0.2, 0.25) is 10.0 Å². The molecule has 0 atom stereocenters. The number of nitrogens with one attached hydrogen (secondary N) is 2. The zero-order valence-corrected chi connectivity index (χ0v) is 15.1. The third-order valence-electron chi connectivity index (χ3n) is 3.77. The number of sulfonamides is 1. The van der Waals surface area contributed by atoms with Gasteiger partial charge < -0.3 is 9.73 Å². The predicted octanol–water partition coefficient (Wildman–Crippen LogP) is 1.85. The number of aromatic nitrogens is 2. The molecule has 0 saturated carbocycles. The Kier molecular flexibility index (Phi) is 4.92. The van der Waals surface area contributed by atoms with Gasteiger partial charge in [0.15, 0.2) is 11.5 Å². The lowest BCUT2D eigenvalue weighted by Crippen LogP contribution is -2.27. The first-order valence-electron chi connectivity index (χ1n) is 7.77. The second kappa shape index (κ2) is 7.14.